The number of thioether (sulfide) groups is 1. The van der Waals surface area contributed by atoms with E-state index in [2.05, 4.69) is 27.1 Å². The Bertz CT molecular complexity index is 407. The zero-order valence-corrected chi connectivity index (χ0v) is 13.8. The molecule has 1 aliphatic rings. The Morgan fingerprint density at radius 3 is 2.81 bits per heavy atom. The van der Waals surface area contributed by atoms with Gasteiger partial charge in [0.05, 0.1) is 13.2 Å². The molecule has 0 saturated heterocycles. The molecule has 1 fully saturated rings. The highest BCUT2D eigenvalue weighted by Gasteiger charge is 2.31. The van der Waals surface area contributed by atoms with Gasteiger partial charge in [-0.25, -0.2) is 0 Å². The van der Waals surface area contributed by atoms with Crippen LogP contribution in [-0.2, 0) is 11.3 Å². The van der Waals surface area contributed by atoms with Crippen molar-refractivity contribution in [3.63, 3.8) is 0 Å². The molecule has 21 heavy (non-hydrogen) atoms. The van der Waals surface area contributed by atoms with E-state index >= 15 is 0 Å². The number of anilines is 1. The topological polar surface area (TPSA) is 72.2 Å². The maximum absolute atomic E-state index is 5.60. The van der Waals surface area contributed by atoms with Crippen molar-refractivity contribution < 1.29 is 9.15 Å². The summed E-state index contributed by atoms with van der Waals surface area (Å²) in [6.07, 6.45) is 8.73. The molecule has 1 aliphatic carbocycles. The highest BCUT2D eigenvalue weighted by molar-refractivity contribution is 8.00. The molecule has 0 atom stereocenters. The normalized spacial score (nSPS) is 17.8. The summed E-state index contributed by atoms with van der Waals surface area (Å²) < 4.78 is 10.9. The molecule has 1 aromatic rings. The minimum Gasteiger partial charge on any atom is -0.407 e. The lowest BCUT2D eigenvalue weighted by atomic mass is 9.88. The van der Waals surface area contributed by atoms with E-state index < -0.39 is 0 Å². The molecular weight excluding hydrogens is 288 g/mol. The molecule has 0 aromatic carbocycles. The SMILES string of the molecule is COCCNCc1nnc(NCC2(SC)CCCCC2)o1. The van der Waals surface area contributed by atoms with Crippen molar-refractivity contribution in [2.45, 2.75) is 43.4 Å². The Morgan fingerprint density at radius 1 is 1.29 bits per heavy atom. The van der Waals surface area contributed by atoms with Gasteiger partial charge in [-0.1, -0.05) is 24.4 Å². The molecule has 120 valence electrons. The van der Waals surface area contributed by atoms with Crippen LogP contribution < -0.4 is 10.6 Å². The smallest absolute Gasteiger partial charge is 0.315 e. The first kappa shape index (κ1) is 16.6. The maximum Gasteiger partial charge on any atom is 0.315 e. The summed E-state index contributed by atoms with van der Waals surface area (Å²) in [6, 6.07) is 0.525. The standard InChI is InChI=1S/C14H26N4O2S/c1-19-9-8-15-10-12-17-18-13(20-12)16-11-14(21-2)6-4-3-5-7-14/h15H,3-11H2,1-2H3,(H,16,18). The van der Waals surface area contributed by atoms with Gasteiger partial charge in [0.2, 0.25) is 5.89 Å². The van der Waals surface area contributed by atoms with Crippen molar-refractivity contribution in [2.75, 3.05) is 38.4 Å². The number of hydrogen-bond donors (Lipinski definition) is 2. The van der Waals surface area contributed by atoms with Gasteiger partial charge in [0.1, 0.15) is 0 Å². The van der Waals surface area contributed by atoms with Crippen molar-refractivity contribution >= 4 is 17.8 Å². The Labute approximate surface area is 130 Å². The zero-order chi connectivity index (χ0) is 15.0. The van der Waals surface area contributed by atoms with Crippen LogP contribution in [-0.4, -0.2) is 48.0 Å². The van der Waals surface area contributed by atoms with Crippen LogP contribution in [0.4, 0.5) is 6.01 Å². The third-order valence-electron chi connectivity index (χ3n) is 3.99. The maximum atomic E-state index is 5.60. The molecule has 2 N–H and O–H groups in total. The summed E-state index contributed by atoms with van der Waals surface area (Å²) in [7, 11) is 1.68. The van der Waals surface area contributed by atoms with Gasteiger partial charge in [0.15, 0.2) is 0 Å². The second-order valence-corrected chi connectivity index (χ2v) is 6.75. The molecule has 0 spiro atoms. The van der Waals surface area contributed by atoms with Crippen LogP contribution in [0, 0.1) is 0 Å². The number of ether oxygens (including phenoxy) is 1. The lowest BCUT2D eigenvalue weighted by Crippen LogP contribution is -2.35. The predicted octanol–water partition coefficient (Wildman–Crippen LogP) is 2.28. The van der Waals surface area contributed by atoms with E-state index in [9.17, 15) is 0 Å². The predicted molar refractivity (Wildman–Crippen MR) is 85.7 cm³/mol. The van der Waals surface area contributed by atoms with E-state index in [4.69, 9.17) is 9.15 Å². The van der Waals surface area contributed by atoms with Crippen molar-refractivity contribution in [2.24, 2.45) is 0 Å². The van der Waals surface area contributed by atoms with E-state index in [0.717, 1.165) is 13.1 Å². The lowest BCUT2D eigenvalue weighted by molar-refractivity contribution is 0.198. The Balaban J connectivity index is 1.76. The van der Waals surface area contributed by atoms with E-state index in [-0.39, 0.29) is 0 Å². The van der Waals surface area contributed by atoms with E-state index in [1.165, 1.54) is 32.1 Å². The van der Waals surface area contributed by atoms with Gasteiger partial charge in [-0.2, -0.15) is 11.8 Å². The highest BCUT2D eigenvalue weighted by Crippen LogP contribution is 2.38. The fraction of sp³-hybridized carbons (Fsp3) is 0.857. The fourth-order valence-electron chi connectivity index (χ4n) is 2.65. The molecule has 7 heteroatoms. The average molecular weight is 314 g/mol. The summed E-state index contributed by atoms with van der Waals surface area (Å²) in [6.45, 7) is 2.92. The van der Waals surface area contributed by atoms with Crippen molar-refractivity contribution in [1.29, 1.82) is 0 Å². The summed E-state index contributed by atoms with van der Waals surface area (Å²) in [4.78, 5) is 0. The first-order chi connectivity index (χ1) is 10.3. The van der Waals surface area contributed by atoms with Gasteiger partial charge < -0.3 is 19.8 Å². The number of nitrogens with one attached hydrogen (secondary N) is 2. The Hall–Kier alpha value is -0.790. The summed E-state index contributed by atoms with van der Waals surface area (Å²) in [5.74, 6) is 0.607. The molecule has 1 aromatic heterocycles. The van der Waals surface area contributed by atoms with Gasteiger partial charge >= 0.3 is 6.01 Å². The second-order valence-electron chi connectivity index (χ2n) is 5.47. The number of hydrogen-bond acceptors (Lipinski definition) is 7. The lowest BCUT2D eigenvalue weighted by Gasteiger charge is -2.35. The first-order valence-corrected chi connectivity index (χ1v) is 8.81. The van der Waals surface area contributed by atoms with Gasteiger partial charge in [0, 0.05) is 24.9 Å². The molecule has 1 heterocycles. The van der Waals surface area contributed by atoms with Crippen LogP contribution in [0.15, 0.2) is 4.42 Å². The van der Waals surface area contributed by atoms with E-state index in [1.54, 1.807) is 7.11 Å². The van der Waals surface area contributed by atoms with Crippen LogP contribution in [0.25, 0.3) is 0 Å². The molecule has 0 aliphatic heterocycles. The number of nitrogens with zero attached hydrogens (tertiary/aromatic N) is 2. The molecule has 6 nitrogen and oxygen atoms in total. The Morgan fingerprint density at radius 2 is 2.10 bits per heavy atom. The number of aromatic nitrogens is 2. The van der Waals surface area contributed by atoms with Gasteiger partial charge in [-0.05, 0) is 19.1 Å². The summed E-state index contributed by atoms with van der Waals surface area (Å²) in [5.41, 5.74) is 0. The average Bonchev–Trinajstić information content (AvgIpc) is 2.98. The molecule has 0 unspecified atom stereocenters. The van der Waals surface area contributed by atoms with Gasteiger partial charge in [0.25, 0.3) is 0 Å². The highest BCUT2D eigenvalue weighted by atomic mass is 32.2. The van der Waals surface area contributed by atoms with Crippen molar-refractivity contribution in [3.8, 4) is 0 Å². The van der Waals surface area contributed by atoms with Gasteiger partial charge in [-0.15, -0.1) is 5.10 Å². The quantitative estimate of drug-likeness (QED) is 0.677. The molecule has 0 bridgehead atoms. The first-order valence-electron chi connectivity index (χ1n) is 7.59. The monoisotopic (exact) mass is 314 g/mol. The third kappa shape index (κ3) is 5.16. The number of methoxy groups -OCH3 is 1. The van der Waals surface area contributed by atoms with Crippen molar-refractivity contribution in [1.82, 2.24) is 15.5 Å². The molecule has 0 amide bonds. The molecular formula is C14H26N4O2S. The van der Waals surface area contributed by atoms with Crippen LogP contribution in [0.5, 0.6) is 0 Å². The van der Waals surface area contributed by atoms with E-state index in [1.807, 2.05) is 11.8 Å². The second kappa shape index (κ2) is 8.60. The molecule has 1 saturated carbocycles. The number of rotatable bonds is 9. The largest absolute Gasteiger partial charge is 0.407 e. The van der Waals surface area contributed by atoms with Gasteiger partial charge in [-0.3, -0.25) is 0 Å². The summed E-state index contributed by atoms with van der Waals surface area (Å²) in [5, 5.41) is 14.6. The van der Waals surface area contributed by atoms with Crippen LogP contribution in [0.3, 0.4) is 0 Å². The van der Waals surface area contributed by atoms with Crippen LogP contribution in [0.1, 0.15) is 38.0 Å². The zero-order valence-electron chi connectivity index (χ0n) is 13.0. The van der Waals surface area contributed by atoms with Crippen LogP contribution in [0.2, 0.25) is 0 Å². The summed E-state index contributed by atoms with van der Waals surface area (Å²) >= 11 is 1.96. The molecule has 2 rings (SSSR count). The third-order valence-corrected chi connectivity index (χ3v) is 5.40. The van der Waals surface area contributed by atoms with Crippen LogP contribution >= 0.6 is 11.8 Å². The fourth-order valence-corrected chi connectivity index (χ4v) is 3.57. The minimum absolute atomic E-state index is 0.323. The molecule has 0 radical (unpaired) electrons. The van der Waals surface area contributed by atoms with E-state index in [0.29, 0.717) is 29.8 Å². The Kier molecular flexibility index (Phi) is 6.79. The minimum atomic E-state index is 0.323. The van der Waals surface area contributed by atoms with Crippen molar-refractivity contribution in [3.05, 3.63) is 5.89 Å².